The van der Waals surface area contributed by atoms with Crippen molar-refractivity contribution in [3.05, 3.63) is 65.5 Å². The Morgan fingerprint density at radius 2 is 1.70 bits per heavy atom. The molecule has 2 aromatic rings. The van der Waals surface area contributed by atoms with Gasteiger partial charge in [0.2, 0.25) is 16.0 Å². The minimum Gasteiger partial charge on any atom is -0.369 e. The third-order valence-electron chi connectivity index (χ3n) is 4.90. The van der Waals surface area contributed by atoms with Crippen molar-refractivity contribution in [2.45, 2.75) is 9.79 Å². The van der Waals surface area contributed by atoms with Gasteiger partial charge in [0, 0.05) is 32.7 Å². The maximum Gasteiger partial charge on any atom is 0.294 e. The predicted molar refractivity (Wildman–Crippen MR) is 146 cm³/mol. The molecule has 0 atom stereocenters. The molecular weight excluding hydrogens is 562 g/mol. The Kier molecular flexibility index (Phi) is 10.5. The van der Waals surface area contributed by atoms with E-state index in [1.807, 2.05) is 0 Å². The van der Waals surface area contributed by atoms with Crippen LogP contribution in [0.15, 0.2) is 68.6 Å². The third-order valence-corrected chi connectivity index (χ3v) is 7.21. The third kappa shape index (κ3) is 8.61. The van der Waals surface area contributed by atoms with E-state index in [1.54, 1.807) is 26.2 Å². The lowest BCUT2D eigenvalue weighted by Crippen LogP contribution is -2.33. The number of nitrogens with one attached hydrogen (secondary N) is 3. The van der Waals surface area contributed by atoms with Gasteiger partial charge in [-0.25, -0.2) is 13.1 Å². The van der Waals surface area contributed by atoms with Crippen LogP contribution in [0.2, 0.25) is 0 Å². The number of aliphatic imine (C=N–C) groups is 2. The van der Waals surface area contributed by atoms with Crippen molar-refractivity contribution in [2.75, 3.05) is 32.5 Å². The highest BCUT2D eigenvalue weighted by molar-refractivity contribution is 7.89. The molecule has 210 valence electrons. The van der Waals surface area contributed by atoms with E-state index < -0.39 is 25.0 Å². The van der Waals surface area contributed by atoms with Gasteiger partial charge in [0.25, 0.3) is 10.1 Å². The molecule has 2 aromatic carbocycles. The number of anilines is 1. The molecule has 0 spiro atoms. The van der Waals surface area contributed by atoms with Crippen LogP contribution in [0.4, 0.5) is 5.69 Å². The lowest BCUT2D eigenvalue weighted by molar-refractivity contribution is 0.112. The molecule has 0 amide bonds. The van der Waals surface area contributed by atoms with Crippen LogP contribution >= 0.6 is 0 Å². The molecule has 0 aromatic heterocycles. The second kappa shape index (κ2) is 13.3. The molecule has 0 aliphatic carbocycles. The van der Waals surface area contributed by atoms with Crippen LogP contribution in [-0.4, -0.2) is 71.7 Å². The molecule has 0 heterocycles. The van der Waals surface area contributed by atoms with E-state index in [4.69, 9.17) is 16.3 Å². The zero-order valence-electron chi connectivity index (χ0n) is 21.3. The van der Waals surface area contributed by atoms with Gasteiger partial charge in [-0.1, -0.05) is 6.58 Å². The topological polar surface area (TPSA) is 243 Å². The zero-order chi connectivity index (χ0) is 30.1. The number of carbonyl (C=O) groups excluding carboxylic acids is 1. The summed E-state index contributed by atoms with van der Waals surface area (Å²) < 4.78 is 59.9. The lowest BCUT2D eigenvalue weighted by atomic mass is 10.1. The van der Waals surface area contributed by atoms with Crippen LogP contribution in [0.1, 0.15) is 21.5 Å². The molecule has 0 bridgehead atoms. The number of nitrogens with zero attached hydrogens (tertiary/aromatic N) is 5. The quantitative estimate of drug-likeness (QED) is 0.0821. The highest BCUT2D eigenvalue weighted by Crippen LogP contribution is 2.20. The van der Waals surface area contributed by atoms with Crippen molar-refractivity contribution < 1.29 is 26.2 Å². The summed E-state index contributed by atoms with van der Waals surface area (Å²) >= 11 is 0. The van der Waals surface area contributed by atoms with E-state index in [1.165, 1.54) is 23.1 Å². The van der Waals surface area contributed by atoms with Gasteiger partial charge in [-0.2, -0.15) is 28.9 Å². The van der Waals surface area contributed by atoms with Gasteiger partial charge >= 0.3 is 0 Å². The van der Waals surface area contributed by atoms with E-state index in [0.29, 0.717) is 6.29 Å². The number of hydrogen-bond donors (Lipinski definition) is 5. The smallest absolute Gasteiger partial charge is 0.294 e. The monoisotopic (exact) mass is 587 g/mol. The number of carbonyl (C=O) groups is 1. The number of rotatable bonds is 10. The molecule has 0 saturated carbocycles. The van der Waals surface area contributed by atoms with Crippen LogP contribution in [-0.2, 0) is 20.1 Å². The lowest BCUT2D eigenvalue weighted by Gasteiger charge is -2.14. The van der Waals surface area contributed by atoms with Gasteiger partial charge in [0.05, 0.1) is 26.6 Å². The SMILES string of the molecule is C=C(/N=C(\N=C(/N)N(C)C)Nc1cc(S(=O)(=O)O)ccc1C=O)NCCNS(=O)(=O)c1ccc(C#N)c(C#N)c1. The van der Waals surface area contributed by atoms with Crippen molar-refractivity contribution in [1.29, 1.82) is 10.5 Å². The van der Waals surface area contributed by atoms with Crippen molar-refractivity contribution in [3.63, 3.8) is 0 Å². The summed E-state index contributed by atoms with van der Waals surface area (Å²) in [6.45, 7) is 3.58. The second-order valence-corrected chi connectivity index (χ2v) is 11.2. The highest BCUT2D eigenvalue weighted by Gasteiger charge is 2.17. The molecule has 0 unspecified atom stereocenters. The molecule has 40 heavy (non-hydrogen) atoms. The summed E-state index contributed by atoms with van der Waals surface area (Å²) in [4.78, 5) is 20.4. The van der Waals surface area contributed by atoms with Gasteiger partial charge in [0.15, 0.2) is 12.2 Å². The summed E-state index contributed by atoms with van der Waals surface area (Å²) in [5.41, 5.74) is 5.80. The average molecular weight is 588 g/mol. The molecule has 0 fully saturated rings. The fourth-order valence-corrected chi connectivity index (χ4v) is 4.40. The molecule has 6 N–H and O–H groups in total. The van der Waals surface area contributed by atoms with Gasteiger partial charge in [-0.15, -0.1) is 0 Å². The Bertz CT molecular complexity index is 1670. The number of aldehydes is 1. The Morgan fingerprint density at radius 1 is 1.05 bits per heavy atom. The number of hydrogen-bond acceptors (Lipinski definition) is 9. The van der Waals surface area contributed by atoms with Crippen LogP contribution < -0.4 is 21.1 Å². The molecule has 0 aliphatic rings. The number of nitriles is 2. The van der Waals surface area contributed by atoms with Crippen molar-refractivity contribution in [1.82, 2.24) is 14.9 Å². The van der Waals surface area contributed by atoms with Gasteiger partial charge in [-0.05, 0) is 36.4 Å². The first kappa shape index (κ1) is 31.4. The number of nitrogens with two attached hydrogens (primary N) is 1. The summed E-state index contributed by atoms with van der Waals surface area (Å²) in [6.07, 6.45) is 0.444. The minimum atomic E-state index is -4.58. The largest absolute Gasteiger partial charge is 0.369 e. The Balaban J connectivity index is 2.20. The zero-order valence-corrected chi connectivity index (χ0v) is 22.9. The van der Waals surface area contributed by atoms with Crippen molar-refractivity contribution in [2.24, 2.45) is 15.7 Å². The maximum absolute atomic E-state index is 12.6. The minimum absolute atomic E-state index is 0.000928. The molecule has 17 heteroatoms. The van der Waals surface area contributed by atoms with Crippen LogP contribution in [0.25, 0.3) is 0 Å². The summed E-state index contributed by atoms with van der Waals surface area (Å²) in [7, 11) is -5.39. The fourth-order valence-electron chi connectivity index (χ4n) is 2.84. The van der Waals surface area contributed by atoms with Gasteiger partial charge in [0.1, 0.15) is 18.0 Å². The number of guanidine groups is 2. The summed E-state index contributed by atoms with van der Waals surface area (Å²) in [5.74, 6) is -0.258. The van der Waals surface area contributed by atoms with E-state index in [0.717, 1.165) is 18.2 Å². The summed E-state index contributed by atoms with van der Waals surface area (Å²) in [6, 6.07) is 10.3. The number of benzene rings is 2. The van der Waals surface area contributed by atoms with Gasteiger partial charge < -0.3 is 21.3 Å². The predicted octanol–water partition coefficient (Wildman–Crippen LogP) is 0.173. The van der Waals surface area contributed by atoms with Gasteiger partial charge in [-0.3, -0.25) is 9.35 Å². The van der Waals surface area contributed by atoms with E-state index in [2.05, 4.69) is 31.9 Å². The van der Waals surface area contributed by atoms with Crippen molar-refractivity contribution in [3.8, 4) is 12.1 Å². The first-order chi connectivity index (χ1) is 18.7. The molecule has 2 rings (SSSR count). The maximum atomic E-state index is 12.6. The Morgan fingerprint density at radius 3 is 2.27 bits per heavy atom. The van der Waals surface area contributed by atoms with E-state index >= 15 is 0 Å². The molecule has 0 saturated heterocycles. The number of sulfonamides is 1. The highest BCUT2D eigenvalue weighted by atomic mass is 32.2. The normalized spacial score (nSPS) is 12.1. The van der Waals surface area contributed by atoms with Crippen LogP contribution in [0.3, 0.4) is 0 Å². The summed E-state index contributed by atoms with van der Waals surface area (Å²) in [5, 5.41) is 23.5. The Hall–Kier alpha value is -4.81. The molecule has 0 radical (unpaired) electrons. The van der Waals surface area contributed by atoms with Crippen molar-refractivity contribution >= 4 is 44.0 Å². The first-order valence-electron chi connectivity index (χ1n) is 11.0. The first-order valence-corrected chi connectivity index (χ1v) is 13.9. The van der Waals surface area contributed by atoms with Crippen LogP contribution in [0.5, 0.6) is 0 Å². The molecule has 0 aliphatic heterocycles. The molecular formula is C23H25N9O6S2. The molecule has 15 nitrogen and oxygen atoms in total. The Labute approximate surface area is 231 Å². The average Bonchev–Trinajstić information content (AvgIpc) is 2.89. The van der Waals surface area contributed by atoms with E-state index in [9.17, 15) is 26.2 Å². The van der Waals surface area contributed by atoms with E-state index in [-0.39, 0.29) is 58.1 Å². The van der Waals surface area contributed by atoms with Crippen LogP contribution in [0, 0.1) is 22.7 Å². The second-order valence-electron chi connectivity index (χ2n) is 7.97. The fraction of sp³-hybridized carbons (Fsp3) is 0.174. The standard InChI is InChI=1S/C23H25N9O6S2/c1-15(27-8-9-28-39(34,35)19-6-4-16(12-24)18(10-19)13-25)29-23(31-22(26)32(2)3)30-21-11-20(40(36,37)38)7-5-17(21)14-33/h4-7,10-11,14,27-28H,1,8-9H2,2-3H3,(H,36,37,38)(H3,26,29,30,31).